The molecular formula is C10H19NO. The summed E-state index contributed by atoms with van der Waals surface area (Å²) < 4.78 is 0. The molecule has 0 fully saturated rings. The topological polar surface area (TPSA) is 29.1 Å². The molecule has 0 aromatic heterocycles. The van der Waals surface area contributed by atoms with E-state index in [2.05, 4.69) is 12.2 Å². The van der Waals surface area contributed by atoms with Crippen LogP contribution in [0.5, 0.6) is 0 Å². The molecular weight excluding hydrogens is 150 g/mol. The molecule has 0 heterocycles. The van der Waals surface area contributed by atoms with E-state index in [0.29, 0.717) is 6.42 Å². The number of carbonyl (C=O) groups excluding carboxylic acids is 1. The van der Waals surface area contributed by atoms with Gasteiger partial charge in [-0.15, -0.1) is 0 Å². The van der Waals surface area contributed by atoms with Gasteiger partial charge in [0.2, 0.25) is 0 Å². The summed E-state index contributed by atoms with van der Waals surface area (Å²) in [5, 5.41) is 2.93. The van der Waals surface area contributed by atoms with Gasteiger partial charge in [0.25, 0.3) is 0 Å². The molecule has 1 N–H and O–H groups in total. The number of allylic oxidation sites excluding steroid dienone is 2. The summed E-state index contributed by atoms with van der Waals surface area (Å²) in [6, 6.07) is 0. The van der Waals surface area contributed by atoms with E-state index in [1.807, 2.05) is 13.0 Å². The first-order chi connectivity index (χ1) is 5.76. The van der Waals surface area contributed by atoms with Crippen LogP contribution in [0.15, 0.2) is 11.8 Å². The molecule has 12 heavy (non-hydrogen) atoms. The van der Waals surface area contributed by atoms with Gasteiger partial charge in [0.1, 0.15) is 0 Å². The lowest BCUT2D eigenvalue weighted by Crippen LogP contribution is -2.15. The lowest BCUT2D eigenvalue weighted by Gasteiger charge is -2.03. The van der Waals surface area contributed by atoms with Crippen LogP contribution in [-0.2, 0) is 4.79 Å². The highest BCUT2D eigenvalue weighted by Crippen LogP contribution is 2.01. The van der Waals surface area contributed by atoms with E-state index in [9.17, 15) is 4.79 Å². The van der Waals surface area contributed by atoms with Gasteiger partial charge in [0, 0.05) is 13.5 Å². The fourth-order valence-corrected chi connectivity index (χ4v) is 1.01. The summed E-state index contributed by atoms with van der Waals surface area (Å²) >= 11 is 0. The van der Waals surface area contributed by atoms with E-state index in [1.54, 1.807) is 7.05 Å². The summed E-state index contributed by atoms with van der Waals surface area (Å²) in [4.78, 5) is 11.3. The molecule has 0 unspecified atom stereocenters. The van der Waals surface area contributed by atoms with Gasteiger partial charge in [-0.1, -0.05) is 26.3 Å². The lowest BCUT2D eigenvalue weighted by atomic mass is 10.1. The summed E-state index contributed by atoms with van der Waals surface area (Å²) in [5.41, 5.74) is 0.777. The van der Waals surface area contributed by atoms with Gasteiger partial charge >= 0.3 is 0 Å². The predicted molar refractivity (Wildman–Crippen MR) is 52.0 cm³/mol. The van der Waals surface area contributed by atoms with E-state index in [0.717, 1.165) is 25.0 Å². The molecule has 2 heteroatoms. The lowest BCUT2D eigenvalue weighted by molar-refractivity contribution is -0.115. The van der Waals surface area contributed by atoms with E-state index in [1.165, 1.54) is 0 Å². The number of rotatable bonds is 6. The molecule has 0 saturated heterocycles. The third-order valence-corrected chi connectivity index (χ3v) is 1.68. The largest absolute Gasteiger partial charge is 0.386 e. The molecule has 0 aromatic carbocycles. The maximum Gasteiger partial charge on any atom is 0.178 e. The Labute approximate surface area is 75.0 Å². The minimum Gasteiger partial charge on any atom is -0.386 e. The number of hydrogen-bond acceptors (Lipinski definition) is 2. The maximum atomic E-state index is 11.3. The van der Waals surface area contributed by atoms with Crippen LogP contribution in [0.3, 0.4) is 0 Å². The van der Waals surface area contributed by atoms with E-state index >= 15 is 0 Å². The second-order valence-corrected chi connectivity index (χ2v) is 2.83. The standard InChI is InChI=1S/C10H19NO/c1-4-6-8-9(11-3)10(12)7-5-2/h8,11H,4-7H2,1-3H3/b9-8+. The van der Waals surface area contributed by atoms with Crippen molar-refractivity contribution < 1.29 is 4.79 Å². The van der Waals surface area contributed by atoms with Crippen LogP contribution in [0.2, 0.25) is 0 Å². The first-order valence-corrected chi connectivity index (χ1v) is 4.67. The molecule has 0 atom stereocenters. The Bertz CT molecular complexity index is 161. The van der Waals surface area contributed by atoms with Gasteiger partial charge in [-0.25, -0.2) is 0 Å². The van der Waals surface area contributed by atoms with Crippen LogP contribution < -0.4 is 5.32 Å². The van der Waals surface area contributed by atoms with Gasteiger partial charge in [0.05, 0.1) is 5.70 Å². The molecule has 0 aliphatic heterocycles. The zero-order chi connectivity index (χ0) is 9.40. The van der Waals surface area contributed by atoms with Crippen molar-refractivity contribution in [1.82, 2.24) is 5.32 Å². The number of Topliss-reactive ketones (excluding diaryl/α,β-unsaturated/α-hetero) is 1. The first kappa shape index (κ1) is 11.2. The quantitative estimate of drug-likeness (QED) is 0.618. The molecule has 0 aliphatic carbocycles. The molecule has 0 amide bonds. The number of hydrogen-bond donors (Lipinski definition) is 1. The highest BCUT2D eigenvalue weighted by molar-refractivity contribution is 5.94. The zero-order valence-corrected chi connectivity index (χ0v) is 8.31. The third kappa shape index (κ3) is 4.16. The highest BCUT2D eigenvalue weighted by Gasteiger charge is 2.04. The highest BCUT2D eigenvalue weighted by atomic mass is 16.1. The van der Waals surface area contributed by atoms with Gasteiger partial charge in [-0.3, -0.25) is 4.79 Å². The molecule has 0 spiro atoms. The minimum atomic E-state index is 0.230. The molecule has 0 aliphatic rings. The fourth-order valence-electron chi connectivity index (χ4n) is 1.01. The average Bonchev–Trinajstić information content (AvgIpc) is 2.06. The van der Waals surface area contributed by atoms with Crippen molar-refractivity contribution in [3.63, 3.8) is 0 Å². The van der Waals surface area contributed by atoms with Crippen LogP contribution in [0, 0.1) is 0 Å². The second-order valence-electron chi connectivity index (χ2n) is 2.83. The molecule has 0 radical (unpaired) electrons. The van der Waals surface area contributed by atoms with Crippen molar-refractivity contribution in [3.05, 3.63) is 11.8 Å². The SMILES string of the molecule is CCC/C=C(/NC)C(=O)CCC. The Balaban J connectivity index is 4.04. The van der Waals surface area contributed by atoms with Crippen molar-refractivity contribution in [1.29, 1.82) is 0 Å². The second kappa shape index (κ2) is 6.89. The summed E-state index contributed by atoms with van der Waals surface area (Å²) in [6.07, 6.45) is 5.62. The Morgan fingerprint density at radius 2 is 2.00 bits per heavy atom. The smallest absolute Gasteiger partial charge is 0.178 e. The van der Waals surface area contributed by atoms with E-state index < -0.39 is 0 Å². The normalized spacial score (nSPS) is 11.4. The van der Waals surface area contributed by atoms with Crippen molar-refractivity contribution in [2.75, 3.05) is 7.05 Å². The van der Waals surface area contributed by atoms with Crippen LogP contribution >= 0.6 is 0 Å². The van der Waals surface area contributed by atoms with Crippen LogP contribution in [0.1, 0.15) is 39.5 Å². The molecule has 0 aromatic rings. The van der Waals surface area contributed by atoms with Crippen LogP contribution in [0.25, 0.3) is 0 Å². The maximum absolute atomic E-state index is 11.3. The van der Waals surface area contributed by atoms with E-state index in [4.69, 9.17) is 0 Å². The first-order valence-electron chi connectivity index (χ1n) is 4.67. The van der Waals surface area contributed by atoms with Crippen LogP contribution in [-0.4, -0.2) is 12.8 Å². The molecule has 70 valence electrons. The van der Waals surface area contributed by atoms with E-state index in [-0.39, 0.29) is 5.78 Å². The van der Waals surface area contributed by atoms with Crippen molar-refractivity contribution in [3.8, 4) is 0 Å². The number of likely N-dealkylation sites (N-methyl/N-ethyl adjacent to an activating group) is 1. The summed E-state index contributed by atoms with van der Waals surface area (Å²) in [5.74, 6) is 0.230. The Hall–Kier alpha value is -0.790. The van der Waals surface area contributed by atoms with Crippen LogP contribution in [0.4, 0.5) is 0 Å². The molecule has 0 bridgehead atoms. The average molecular weight is 169 g/mol. The number of carbonyl (C=O) groups is 1. The Morgan fingerprint density at radius 3 is 2.42 bits per heavy atom. The van der Waals surface area contributed by atoms with Gasteiger partial charge in [-0.05, 0) is 12.8 Å². The number of nitrogens with one attached hydrogen (secondary N) is 1. The van der Waals surface area contributed by atoms with Crippen molar-refractivity contribution in [2.45, 2.75) is 39.5 Å². The third-order valence-electron chi connectivity index (χ3n) is 1.68. The predicted octanol–water partition coefficient (Wildman–Crippen LogP) is 2.26. The van der Waals surface area contributed by atoms with Gasteiger partial charge in [-0.2, -0.15) is 0 Å². The number of unbranched alkanes of at least 4 members (excludes halogenated alkanes) is 1. The zero-order valence-electron chi connectivity index (χ0n) is 8.31. The number of ketones is 1. The van der Waals surface area contributed by atoms with Crippen molar-refractivity contribution >= 4 is 5.78 Å². The molecule has 0 rings (SSSR count). The Kier molecular flexibility index (Phi) is 6.44. The van der Waals surface area contributed by atoms with Crippen molar-refractivity contribution in [2.24, 2.45) is 0 Å². The Morgan fingerprint density at radius 1 is 1.33 bits per heavy atom. The molecule has 2 nitrogen and oxygen atoms in total. The summed E-state index contributed by atoms with van der Waals surface area (Å²) in [7, 11) is 1.80. The summed E-state index contributed by atoms with van der Waals surface area (Å²) in [6.45, 7) is 4.12. The molecule has 0 saturated carbocycles. The monoisotopic (exact) mass is 169 g/mol. The van der Waals surface area contributed by atoms with Gasteiger partial charge in [0.15, 0.2) is 5.78 Å². The fraction of sp³-hybridized carbons (Fsp3) is 0.700. The minimum absolute atomic E-state index is 0.230. The van der Waals surface area contributed by atoms with Gasteiger partial charge < -0.3 is 5.32 Å².